The summed E-state index contributed by atoms with van der Waals surface area (Å²) in [6, 6.07) is 72.2. The summed E-state index contributed by atoms with van der Waals surface area (Å²) in [5.74, 6) is 3.10. The van der Waals surface area contributed by atoms with Gasteiger partial charge in [0.05, 0.1) is 7.11 Å². The van der Waals surface area contributed by atoms with E-state index < -0.39 is 0 Å². The number of rotatable bonds is 40. The van der Waals surface area contributed by atoms with Gasteiger partial charge in [-0.15, -0.1) is 0 Å². The quantitative estimate of drug-likeness (QED) is 0.0159. The van der Waals surface area contributed by atoms with Gasteiger partial charge in [-0.2, -0.15) is 5.26 Å². The Hall–Kier alpha value is -12.2. The van der Waals surface area contributed by atoms with Gasteiger partial charge in [-0.3, -0.25) is 38.4 Å². The van der Waals surface area contributed by atoms with Crippen LogP contribution in [0, 0.1) is 11.5 Å². The normalized spacial score (nSPS) is 9.16. The van der Waals surface area contributed by atoms with E-state index in [0.717, 1.165) is 0 Å². The highest BCUT2D eigenvalue weighted by Gasteiger charge is 2.12. The summed E-state index contributed by atoms with van der Waals surface area (Å²) in [7, 11) is 25.2. The SMILES string of the molecule is CN.CN.CN(C)C.CN(C)C.CN=C=O.CNC.CNC.COC#N.O=C(COCC(=O)COc1ccccc1)COc1ccccc1.O=C(COCC(=O)COc1ccccc1)COc1ccccc1.O=C(COCC(=O)COc1ccccc1)COc1ccccc1.O=C(COCC(=O)COc1ccccc1)COc1ccccc1. The zero-order valence-electron chi connectivity index (χ0n) is 70.3. The van der Waals surface area contributed by atoms with Gasteiger partial charge in [0.2, 0.25) is 6.08 Å². The molecule has 0 aromatic heterocycles. The highest BCUT2D eigenvalue weighted by molar-refractivity contribution is 5.85. The first-order valence-corrected chi connectivity index (χ1v) is 36.4. The number of nitrogens with zero attached hydrogens (tertiary/aromatic N) is 4. The van der Waals surface area contributed by atoms with E-state index in [9.17, 15) is 38.4 Å². The minimum absolute atomic E-state index is 0.0846. The van der Waals surface area contributed by atoms with Crippen LogP contribution in [-0.4, -0.2) is 267 Å². The lowest BCUT2D eigenvalue weighted by atomic mass is 10.3. The molecule has 8 aromatic carbocycles. The van der Waals surface area contributed by atoms with Crippen molar-refractivity contribution in [3.8, 4) is 52.3 Å². The van der Waals surface area contributed by atoms with Gasteiger partial charge < -0.3 is 93.5 Å². The highest BCUT2D eigenvalue weighted by atomic mass is 16.5. The van der Waals surface area contributed by atoms with E-state index in [0.29, 0.717) is 46.0 Å². The fourth-order valence-corrected chi connectivity index (χ4v) is 6.89. The number of methoxy groups -OCH3 is 1. The van der Waals surface area contributed by atoms with Crippen molar-refractivity contribution < 1.29 is 105 Å². The Balaban J connectivity index is -0.000000666. The molecule has 0 bridgehead atoms. The molecular formula is C88H120N8O22. The molecule has 8 rings (SSSR count). The van der Waals surface area contributed by atoms with E-state index in [1.165, 1.54) is 40.6 Å². The Morgan fingerprint density at radius 1 is 0.288 bits per heavy atom. The molecule has 0 atom stereocenters. The lowest BCUT2D eigenvalue weighted by Gasteiger charge is -2.07. The molecule has 8 aromatic rings. The number of carbonyl (C=O) groups excluding carboxylic acids is 9. The van der Waals surface area contributed by atoms with Crippen LogP contribution in [0.3, 0.4) is 0 Å². The highest BCUT2D eigenvalue weighted by Crippen LogP contribution is 2.14. The molecule has 0 fully saturated rings. The fraction of sp³-hybridized carbons (Fsp3) is 0.341. The summed E-state index contributed by atoms with van der Waals surface area (Å²) in [6.45, 7) is -1.98. The van der Waals surface area contributed by atoms with Crippen molar-refractivity contribution >= 4 is 52.3 Å². The van der Waals surface area contributed by atoms with Crippen LogP contribution in [0.15, 0.2) is 248 Å². The molecule has 0 saturated heterocycles. The first-order chi connectivity index (χ1) is 57.1. The number of hydrogen-bond donors (Lipinski definition) is 4. The molecule has 30 heteroatoms. The maximum absolute atomic E-state index is 11.6. The molecular weight excluding hydrogens is 1520 g/mol. The molecule has 0 unspecified atom stereocenters. The van der Waals surface area contributed by atoms with Crippen molar-refractivity contribution in [3.63, 3.8) is 0 Å². The van der Waals surface area contributed by atoms with Crippen LogP contribution in [0.1, 0.15) is 0 Å². The van der Waals surface area contributed by atoms with Crippen molar-refractivity contribution in [1.29, 1.82) is 5.26 Å². The number of benzene rings is 8. The standard InChI is InChI=1S/4C18H18O5.2C3H9N.2C2H3NO.2C2H7N.2CH5N/c4*19-15(13-22-17-7-3-1-4-8-17)11-21-12-16(20)14-23-18-9-5-2-6-10-18;2*1-4(2)3;1-4-2-3;1-3-2-4;2*1-3-2;2*1-2/h4*1-10H,11-14H2;2*1-3H3;2*1H3;2*3H,1-2H3;2*2H2,1H3. The molecule has 0 saturated carbocycles. The number of ketones is 8. The summed E-state index contributed by atoms with van der Waals surface area (Å²) in [5.41, 5.74) is 9.00. The van der Waals surface area contributed by atoms with Crippen molar-refractivity contribution in [2.24, 2.45) is 16.5 Å². The molecule has 30 nitrogen and oxygen atoms in total. The van der Waals surface area contributed by atoms with Crippen LogP contribution in [0.5, 0.6) is 46.0 Å². The van der Waals surface area contributed by atoms with Crippen LogP contribution in [-0.2, 0) is 66.8 Å². The van der Waals surface area contributed by atoms with Gasteiger partial charge in [-0.25, -0.2) is 9.79 Å². The van der Waals surface area contributed by atoms with Crippen molar-refractivity contribution in [1.82, 2.24) is 20.4 Å². The number of Topliss-reactive ketones (excluding diaryl/α,β-unsaturated/α-hetero) is 8. The molecule has 0 radical (unpaired) electrons. The topological polar surface area (TPSA) is 392 Å². The third kappa shape index (κ3) is 79.0. The third-order valence-corrected chi connectivity index (χ3v) is 11.4. The fourth-order valence-electron chi connectivity index (χ4n) is 6.89. The molecule has 0 aliphatic heterocycles. The van der Waals surface area contributed by atoms with Crippen molar-refractivity contribution in [2.75, 3.05) is 204 Å². The maximum atomic E-state index is 11.6. The van der Waals surface area contributed by atoms with Crippen molar-refractivity contribution in [2.45, 2.75) is 0 Å². The van der Waals surface area contributed by atoms with Crippen LogP contribution in [0.25, 0.3) is 0 Å². The van der Waals surface area contributed by atoms with Crippen LogP contribution in [0.2, 0.25) is 0 Å². The molecule has 0 amide bonds. The molecule has 118 heavy (non-hydrogen) atoms. The largest absolute Gasteiger partial charge is 0.486 e. The average molecular weight is 1640 g/mol. The molecule has 644 valence electrons. The average Bonchev–Trinajstić information content (AvgIpc) is 0.950. The molecule has 0 heterocycles. The molecule has 6 N–H and O–H groups in total. The predicted octanol–water partition coefficient (Wildman–Crippen LogP) is 8.44. The van der Waals surface area contributed by atoms with E-state index in [4.69, 9.17) is 66.9 Å². The monoisotopic (exact) mass is 1640 g/mol. The lowest BCUT2D eigenvalue weighted by Crippen LogP contribution is -2.22. The lowest BCUT2D eigenvalue weighted by molar-refractivity contribution is -0.132. The number of isocyanates is 1. The van der Waals surface area contributed by atoms with Gasteiger partial charge in [0.15, 0.2) is 46.3 Å². The smallest absolute Gasteiger partial charge is 0.286 e. The third-order valence-electron chi connectivity index (χ3n) is 11.4. The van der Waals surface area contributed by atoms with Gasteiger partial charge in [-0.1, -0.05) is 146 Å². The van der Waals surface area contributed by atoms with E-state index in [2.05, 4.69) is 31.8 Å². The Kier molecular flexibility index (Phi) is 80.0. The second-order valence-electron chi connectivity index (χ2n) is 23.4. The Morgan fingerprint density at radius 2 is 0.381 bits per heavy atom. The number of nitriles is 1. The molecule has 0 aliphatic rings. The zero-order chi connectivity index (χ0) is 88.7. The molecule has 0 spiro atoms. The van der Waals surface area contributed by atoms with Gasteiger partial charge in [0.25, 0.3) is 6.26 Å². The van der Waals surface area contributed by atoms with Crippen LogP contribution in [0.4, 0.5) is 0 Å². The number of nitrogens with two attached hydrogens (primary N) is 2. The van der Waals surface area contributed by atoms with E-state index in [1.807, 2.05) is 226 Å². The van der Waals surface area contributed by atoms with Gasteiger partial charge >= 0.3 is 0 Å². The summed E-state index contributed by atoms with van der Waals surface area (Å²) >= 11 is 0. The van der Waals surface area contributed by atoms with Crippen LogP contribution < -0.4 is 60.0 Å². The molecule has 0 aliphatic carbocycles. The van der Waals surface area contributed by atoms with E-state index in [1.54, 1.807) is 97.1 Å². The number of nitrogens with one attached hydrogen (secondary N) is 2. The zero-order valence-corrected chi connectivity index (χ0v) is 70.3. The van der Waals surface area contributed by atoms with E-state index in [-0.39, 0.29) is 152 Å². The summed E-state index contributed by atoms with van der Waals surface area (Å²) in [6.07, 6.45) is 2.74. The minimum Gasteiger partial charge on any atom is -0.486 e. The van der Waals surface area contributed by atoms with Crippen LogP contribution >= 0.6 is 0 Å². The number of hydrogen-bond acceptors (Lipinski definition) is 30. The van der Waals surface area contributed by atoms with Gasteiger partial charge in [0.1, 0.15) is 152 Å². The van der Waals surface area contributed by atoms with Gasteiger partial charge in [0, 0.05) is 7.05 Å². The Bertz CT molecular complexity index is 3110. The second-order valence-corrected chi connectivity index (χ2v) is 23.4. The number of ether oxygens (including phenoxy) is 13. The van der Waals surface area contributed by atoms with E-state index >= 15 is 0 Å². The number of para-hydroxylation sites is 8. The summed E-state index contributed by atoms with van der Waals surface area (Å²) in [5, 5.41) is 12.9. The minimum atomic E-state index is -0.231. The Morgan fingerprint density at radius 3 is 0.458 bits per heavy atom. The van der Waals surface area contributed by atoms with Crippen molar-refractivity contribution in [3.05, 3.63) is 243 Å². The first kappa shape index (κ1) is 112. The second kappa shape index (κ2) is 84.2. The summed E-state index contributed by atoms with van der Waals surface area (Å²) in [4.78, 5) is 108. The first-order valence-electron chi connectivity index (χ1n) is 36.4. The number of carbonyl (C=O) groups is 8. The Labute approximate surface area is 695 Å². The van der Waals surface area contributed by atoms with Gasteiger partial charge in [-0.05, 0) is 182 Å². The predicted molar refractivity (Wildman–Crippen MR) is 455 cm³/mol. The number of aliphatic imine (C=N–C) groups is 1. The summed E-state index contributed by atoms with van der Waals surface area (Å²) < 4.78 is 66.5. The maximum Gasteiger partial charge on any atom is 0.286 e.